The minimum atomic E-state index is -7.46. The van der Waals surface area contributed by atoms with Crippen LogP contribution in [0.15, 0.2) is 72.8 Å². The Balaban J connectivity index is 2.36. The Bertz CT molecular complexity index is 1170. The average Bonchev–Trinajstić information content (AvgIpc) is 2.83. The first kappa shape index (κ1) is 30.9. The number of halogens is 11. The number of aryl methyl sites for hydroxylation is 3. The number of benzene rings is 3. The fourth-order valence-electron chi connectivity index (χ4n) is 4.37. The van der Waals surface area contributed by atoms with Crippen molar-refractivity contribution in [3.05, 3.63) is 89.5 Å². The van der Waals surface area contributed by atoms with Gasteiger partial charge in [0.05, 0.1) is 0 Å². The molecule has 214 valence electrons. The molecule has 3 rings (SSSR count). The Kier molecular flexibility index (Phi) is 7.96. The molecule has 0 bridgehead atoms. The third-order valence-corrected chi connectivity index (χ3v) is 11.7. The fraction of sp³-hybridized carbons (Fsp3) is 0.333. The fourth-order valence-corrected chi connectivity index (χ4v) is 9.08. The molecule has 0 aromatic heterocycles. The molecule has 3 aromatic rings. The first-order valence-corrected chi connectivity index (χ1v) is 13.7. The molecule has 0 N–H and O–H groups in total. The second-order valence-electron chi connectivity index (χ2n) is 9.61. The van der Waals surface area contributed by atoms with Crippen molar-refractivity contribution < 1.29 is 48.3 Å². The van der Waals surface area contributed by atoms with E-state index < -0.39 is 43.3 Å². The molecular weight excluding hydrogens is 564 g/mol. The van der Waals surface area contributed by atoms with E-state index in [2.05, 4.69) is 0 Å². The van der Waals surface area contributed by atoms with Gasteiger partial charge in [0.1, 0.15) is 0 Å². The van der Waals surface area contributed by atoms with Crippen LogP contribution in [-0.2, 0) is 0 Å². The van der Waals surface area contributed by atoms with Gasteiger partial charge in [-0.3, -0.25) is 0 Å². The van der Waals surface area contributed by atoms with Crippen molar-refractivity contribution in [1.82, 2.24) is 0 Å². The summed E-state index contributed by atoms with van der Waals surface area (Å²) in [7, 11) is -4.51. The molecule has 0 unspecified atom stereocenters. The van der Waals surface area contributed by atoms with Gasteiger partial charge < -0.3 is 0 Å². The van der Waals surface area contributed by atoms with E-state index >= 15 is 8.78 Å². The molecule has 3 aromatic carbocycles. The van der Waals surface area contributed by atoms with E-state index in [0.29, 0.717) is 16.7 Å². The third kappa shape index (κ3) is 5.14. The standard InChI is InChI=1S/C27H24F11P/c1-17-4-10-20(11-5-17)39(21-12-6-18(2)7-13-21,22-14-8-19(3)9-15-22)16-23(28,29)24(30,31)25(32,33)26(34,35)27(36,37)38/h4-15,39H,16H2,1-3H3. The van der Waals surface area contributed by atoms with Crippen LogP contribution in [0, 0.1) is 20.8 Å². The van der Waals surface area contributed by atoms with Crippen molar-refractivity contribution in [1.29, 1.82) is 0 Å². The van der Waals surface area contributed by atoms with Gasteiger partial charge in [-0.05, 0) is 0 Å². The third-order valence-electron chi connectivity index (χ3n) is 6.72. The second kappa shape index (κ2) is 10.1. The van der Waals surface area contributed by atoms with Gasteiger partial charge in [-0.1, -0.05) is 0 Å². The SMILES string of the molecule is Cc1ccc([PH](CC(F)(F)C(F)(F)C(F)(F)C(F)(F)C(F)(F)F)(c2ccc(C)cc2)c2ccc(C)cc2)cc1. The van der Waals surface area contributed by atoms with Crippen LogP contribution < -0.4 is 15.9 Å². The molecule has 0 saturated heterocycles. The zero-order chi connectivity index (χ0) is 29.7. The summed E-state index contributed by atoms with van der Waals surface area (Å²) in [6.07, 6.45) is -9.33. The van der Waals surface area contributed by atoms with E-state index in [0.717, 1.165) is 0 Å². The zero-order valence-corrected chi connectivity index (χ0v) is 21.8. The summed E-state index contributed by atoms with van der Waals surface area (Å²) in [4.78, 5) is 0. The minimum absolute atomic E-state index is 0.0437. The maximum absolute atomic E-state index is 15.5. The predicted molar refractivity (Wildman–Crippen MR) is 131 cm³/mol. The first-order chi connectivity index (χ1) is 17.7. The second-order valence-corrected chi connectivity index (χ2v) is 13.5. The zero-order valence-electron chi connectivity index (χ0n) is 20.8. The molecule has 0 aliphatic heterocycles. The molecular formula is C27H24F11P. The summed E-state index contributed by atoms with van der Waals surface area (Å²) in [6, 6.07) is 16.9. The van der Waals surface area contributed by atoms with Crippen LogP contribution in [0.2, 0.25) is 0 Å². The molecule has 12 heteroatoms. The Morgan fingerprint density at radius 3 is 0.974 bits per heavy atom. The van der Waals surface area contributed by atoms with Crippen molar-refractivity contribution in [2.45, 2.75) is 50.6 Å². The molecule has 0 saturated carbocycles. The monoisotopic (exact) mass is 588 g/mol. The van der Waals surface area contributed by atoms with E-state index in [-0.39, 0.29) is 15.9 Å². The predicted octanol–water partition coefficient (Wildman–Crippen LogP) is 7.74. The summed E-state index contributed by atoms with van der Waals surface area (Å²) in [6.45, 7) is 4.94. The van der Waals surface area contributed by atoms with Crippen LogP contribution in [0.25, 0.3) is 0 Å². The number of hydrogen-bond donors (Lipinski definition) is 0. The van der Waals surface area contributed by atoms with Gasteiger partial charge in [0.25, 0.3) is 0 Å². The van der Waals surface area contributed by atoms with E-state index in [4.69, 9.17) is 0 Å². The van der Waals surface area contributed by atoms with E-state index in [1.165, 1.54) is 72.8 Å². The van der Waals surface area contributed by atoms with Crippen LogP contribution in [0.4, 0.5) is 48.3 Å². The van der Waals surface area contributed by atoms with Crippen molar-refractivity contribution >= 4 is 23.2 Å². The van der Waals surface area contributed by atoms with Gasteiger partial charge in [-0.2, -0.15) is 0 Å². The van der Waals surface area contributed by atoms with Crippen LogP contribution >= 0.6 is 7.26 Å². The van der Waals surface area contributed by atoms with Crippen LogP contribution in [0.3, 0.4) is 0 Å². The van der Waals surface area contributed by atoms with Crippen molar-refractivity contribution in [3.8, 4) is 0 Å². The molecule has 39 heavy (non-hydrogen) atoms. The van der Waals surface area contributed by atoms with Crippen molar-refractivity contribution in [3.63, 3.8) is 0 Å². The summed E-state index contributed by atoms with van der Waals surface area (Å²) >= 11 is 0. The van der Waals surface area contributed by atoms with Gasteiger partial charge in [-0.25, -0.2) is 0 Å². The molecule has 0 fully saturated rings. The summed E-state index contributed by atoms with van der Waals surface area (Å²) in [5.41, 5.74) is 1.92. The van der Waals surface area contributed by atoms with Crippen LogP contribution in [0.1, 0.15) is 16.7 Å². The average molecular weight is 588 g/mol. The Hall–Kier alpha value is -2.68. The Morgan fingerprint density at radius 1 is 0.436 bits per heavy atom. The molecule has 0 aliphatic carbocycles. The number of alkyl halides is 11. The molecule has 0 nitrogen and oxygen atoms in total. The van der Waals surface area contributed by atoms with E-state index in [1.807, 2.05) is 0 Å². The van der Waals surface area contributed by atoms with Gasteiger partial charge >= 0.3 is 218 Å². The normalized spacial score (nSPS) is 14.4. The van der Waals surface area contributed by atoms with Gasteiger partial charge in [0, 0.05) is 0 Å². The van der Waals surface area contributed by atoms with Gasteiger partial charge in [-0.15, -0.1) is 0 Å². The molecule has 0 radical (unpaired) electrons. The van der Waals surface area contributed by atoms with E-state index in [1.54, 1.807) is 20.8 Å². The first-order valence-electron chi connectivity index (χ1n) is 11.5. The summed E-state index contributed by atoms with van der Waals surface area (Å²) in [5.74, 6) is -28.0. The molecule has 0 atom stereocenters. The quantitative estimate of drug-likeness (QED) is 0.187. The van der Waals surface area contributed by atoms with Crippen molar-refractivity contribution in [2.24, 2.45) is 0 Å². The molecule has 0 aliphatic rings. The molecule has 0 heterocycles. The molecule has 0 spiro atoms. The number of hydrogen-bond acceptors (Lipinski definition) is 0. The Morgan fingerprint density at radius 2 is 0.718 bits per heavy atom. The summed E-state index contributed by atoms with van der Waals surface area (Å²) in [5, 5.41) is 0.131. The van der Waals surface area contributed by atoms with Gasteiger partial charge in [0.2, 0.25) is 0 Å². The number of rotatable bonds is 8. The maximum atomic E-state index is 15.5. The molecule has 0 amide bonds. The van der Waals surface area contributed by atoms with E-state index in [9.17, 15) is 39.5 Å². The van der Waals surface area contributed by atoms with Crippen LogP contribution in [0.5, 0.6) is 0 Å². The summed E-state index contributed by atoms with van der Waals surface area (Å²) < 4.78 is 154. The topological polar surface area (TPSA) is 0 Å². The Labute approximate surface area is 218 Å². The van der Waals surface area contributed by atoms with Crippen LogP contribution in [-0.4, -0.2) is 36.0 Å². The van der Waals surface area contributed by atoms with Crippen molar-refractivity contribution in [2.75, 3.05) is 6.16 Å². The van der Waals surface area contributed by atoms with Gasteiger partial charge in [0.15, 0.2) is 0 Å².